The molecule has 4 rings (SSSR count). The molecule has 2 aliphatic carbocycles. The molecule has 2 saturated carbocycles. The standard InChI is InChI=1S/C22H20F4N2O/c23-18-9-6-13(11-17(18)22(24,25)26)28-21(29)19-14-7-8-15(20(19)27)16(14)10-12-4-2-1-3-5-12/h1-6,9-11,14-15,19-20H,7-8,27H2,(H,28,29)/b16-10-/t14-,15+,19-,20+/m0/s1. The van der Waals surface area contributed by atoms with Gasteiger partial charge in [-0.15, -0.1) is 0 Å². The Bertz CT molecular complexity index is 955. The molecule has 3 N–H and O–H groups in total. The van der Waals surface area contributed by atoms with E-state index in [1.807, 2.05) is 30.3 Å². The number of alkyl halides is 3. The molecule has 2 fully saturated rings. The third kappa shape index (κ3) is 3.67. The number of fused-ring (bicyclic) bond motifs is 2. The number of anilines is 1. The number of rotatable bonds is 3. The number of carbonyl (C=O) groups excluding carboxylic acids is 1. The van der Waals surface area contributed by atoms with Crippen LogP contribution in [0.25, 0.3) is 6.08 Å². The van der Waals surface area contributed by atoms with Gasteiger partial charge in [-0.2, -0.15) is 13.2 Å². The number of amides is 1. The minimum absolute atomic E-state index is 0.0438. The Morgan fingerprint density at radius 2 is 1.76 bits per heavy atom. The highest BCUT2D eigenvalue weighted by Crippen LogP contribution is 2.52. The molecule has 29 heavy (non-hydrogen) atoms. The van der Waals surface area contributed by atoms with Gasteiger partial charge in [-0.05, 0) is 48.4 Å². The summed E-state index contributed by atoms with van der Waals surface area (Å²) in [5.74, 6) is -2.29. The molecule has 0 spiro atoms. The van der Waals surface area contributed by atoms with Crippen LogP contribution in [0.2, 0.25) is 0 Å². The average molecular weight is 404 g/mol. The smallest absolute Gasteiger partial charge is 0.326 e. The van der Waals surface area contributed by atoms with Gasteiger partial charge in [0.05, 0.1) is 11.5 Å². The molecule has 0 aromatic heterocycles. The summed E-state index contributed by atoms with van der Waals surface area (Å²) in [4.78, 5) is 12.9. The molecule has 0 saturated heterocycles. The monoisotopic (exact) mass is 404 g/mol. The lowest BCUT2D eigenvalue weighted by atomic mass is 9.84. The zero-order valence-corrected chi connectivity index (χ0v) is 15.4. The second-order valence-corrected chi connectivity index (χ2v) is 7.63. The Balaban J connectivity index is 1.57. The van der Waals surface area contributed by atoms with E-state index in [1.54, 1.807) is 0 Å². The Morgan fingerprint density at radius 1 is 1.07 bits per heavy atom. The minimum Gasteiger partial charge on any atom is -0.326 e. The van der Waals surface area contributed by atoms with Crippen LogP contribution in [0.1, 0.15) is 24.0 Å². The van der Waals surface area contributed by atoms with Gasteiger partial charge < -0.3 is 11.1 Å². The summed E-state index contributed by atoms with van der Waals surface area (Å²) >= 11 is 0. The predicted molar refractivity (Wildman–Crippen MR) is 102 cm³/mol. The third-order valence-corrected chi connectivity index (χ3v) is 5.93. The molecular formula is C22H20F4N2O. The van der Waals surface area contributed by atoms with E-state index in [9.17, 15) is 22.4 Å². The molecular weight excluding hydrogens is 384 g/mol. The van der Waals surface area contributed by atoms with Crippen LogP contribution in [0.4, 0.5) is 23.2 Å². The lowest BCUT2D eigenvalue weighted by Gasteiger charge is -2.26. The summed E-state index contributed by atoms with van der Waals surface area (Å²) in [7, 11) is 0. The predicted octanol–water partition coefficient (Wildman–Crippen LogP) is 4.85. The van der Waals surface area contributed by atoms with Gasteiger partial charge in [0.1, 0.15) is 5.82 Å². The summed E-state index contributed by atoms with van der Waals surface area (Å²) in [6.07, 6.45) is -1.07. The van der Waals surface area contributed by atoms with Crippen LogP contribution in [0.5, 0.6) is 0 Å². The Hall–Kier alpha value is -2.67. The lowest BCUT2D eigenvalue weighted by molar-refractivity contribution is -0.140. The van der Waals surface area contributed by atoms with E-state index in [1.165, 1.54) is 0 Å². The van der Waals surface area contributed by atoms with Crippen molar-refractivity contribution < 1.29 is 22.4 Å². The summed E-state index contributed by atoms with van der Waals surface area (Å²) < 4.78 is 52.3. The highest BCUT2D eigenvalue weighted by atomic mass is 19.4. The maximum atomic E-state index is 13.5. The number of nitrogens with one attached hydrogen (secondary N) is 1. The Morgan fingerprint density at radius 3 is 2.45 bits per heavy atom. The molecule has 1 amide bonds. The zero-order valence-electron chi connectivity index (χ0n) is 15.4. The molecule has 2 aromatic rings. The summed E-state index contributed by atoms with van der Waals surface area (Å²) in [5.41, 5.74) is 7.00. The molecule has 0 unspecified atom stereocenters. The first-order valence-corrected chi connectivity index (χ1v) is 9.45. The van der Waals surface area contributed by atoms with Crippen LogP contribution in [0, 0.1) is 23.6 Å². The fraction of sp³-hybridized carbons (Fsp3) is 0.318. The largest absolute Gasteiger partial charge is 0.419 e. The number of hydrogen-bond donors (Lipinski definition) is 2. The average Bonchev–Trinajstić information content (AvgIpc) is 3.17. The van der Waals surface area contributed by atoms with Crippen molar-refractivity contribution in [3.05, 3.63) is 71.0 Å². The van der Waals surface area contributed by atoms with Crippen LogP contribution in [-0.2, 0) is 11.0 Å². The quantitative estimate of drug-likeness (QED) is 0.719. The molecule has 0 heterocycles. The molecule has 4 atom stereocenters. The van der Waals surface area contributed by atoms with Gasteiger partial charge in [-0.1, -0.05) is 42.0 Å². The van der Waals surface area contributed by atoms with Crippen molar-refractivity contribution in [3.63, 3.8) is 0 Å². The number of benzene rings is 2. The fourth-order valence-electron chi connectivity index (χ4n) is 4.65. The molecule has 0 aliphatic heterocycles. The van der Waals surface area contributed by atoms with Gasteiger partial charge >= 0.3 is 6.18 Å². The number of hydrogen-bond acceptors (Lipinski definition) is 2. The molecule has 0 radical (unpaired) electrons. The van der Waals surface area contributed by atoms with E-state index in [0.717, 1.165) is 30.0 Å². The van der Waals surface area contributed by atoms with Crippen molar-refractivity contribution in [2.24, 2.45) is 23.5 Å². The number of carbonyl (C=O) groups is 1. The van der Waals surface area contributed by atoms with Gasteiger partial charge in [-0.3, -0.25) is 4.79 Å². The molecule has 7 heteroatoms. The number of nitrogens with two attached hydrogens (primary N) is 1. The highest BCUT2D eigenvalue weighted by Gasteiger charge is 2.52. The van der Waals surface area contributed by atoms with Crippen molar-refractivity contribution in [1.82, 2.24) is 0 Å². The minimum atomic E-state index is -4.83. The summed E-state index contributed by atoms with van der Waals surface area (Å²) in [6, 6.07) is 11.8. The molecule has 3 nitrogen and oxygen atoms in total. The maximum absolute atomic E-state index is 13.5. The summed E-state index contributed by atoms with van der Waals surface area (Å²) in [6.45, 7) is 0. The number of halogens is 4. The van der Waals surface area contributed by atoms with Gasteiger partial charge in [-0.25, -0.2) is 4.39 Å². The first-order chi connectivity index (χ1) is 13.8. The van der Waals surface area contributed by atoms with Crippen molar-refractivity contribution in [2.45, 2.75) is 25.1 Å². The molecule has 2 bridgehead atoms. The van der Waals surface area contributed by atoms with E-state index >= 15 is 0 Å². The topological polar surface area (TPSA) is 55.1 Å². The highest BCUT2D eigenvalue weighted by molar-refractivity contribution is 5.94. The normalized spacial score (nSPS) is 27.4. The second-order valence-electron chi connectivity index (χ2n) is 7.63. The van der Waals surface area contributed by atoms with Gasteiger partial charge in [0, 0.05) is 11.7 Å². The van der Waals surface area contributed by atoms with Crippen molar-refractivity contribution in [1.29, 1.82) is 0 Å². The summed E-state index contributed by atoms with van der Waals surface area (Å²) in [5, 5.41) is 2.51. The van der Waals surface area contributed by atoms with Crippen LogP contribution in [0.15, 0.2) is 54.1 Å². The van der Waals surface area contributed by atoms with E-state index < -0.39 is 35.4 Å². The van der Waals surface area contributed by atoms with Crippen LogP contribution < -0.4 is 11.1 Å². The van der Waals surface area contributed by atoms with E-state index in [0.29, 0.717) is 12.1 Å². The second kappa shape index (κ2) is 7.30. The van der Waals surface area contributed by atoms with E-state index in [-0.39, 0.29) is 17.5 Å². The van der Waals surface area contributed by atoms with Crippen molar-refractivity contribution in [2.75, 3.05) is 5.32 Å². The molecule has 2 aliphatic rings. The van der Waals surface area contributed by atoms with Crippen molar-refractivity contribution >= 4 is 17.7 Å². The third-order valence-electron chi connectivity index (χ3n) is 5.93. The van der Waals surface area contributed by atoms with Gasteiger partial charge in [0.15, 0.2) is 0 Å². The van der Waals surface area contributed by atoms with E-state index in [4.69, 9.17) is 5.73 Å². The Kier molecular flexibility index (Phi) is 4.94. The molecule has 2 aromatic carbocycles. The Labute approximate surface area is 165 Å². The van der Waals surface area contributed by atoms with Crippen LogP contribution >= 0.6 is 0 Å². The zero-order chi connectivity index (χ0) is 20.8. The molecule has 152 valence electrons. The van der Waals surface area contributed by atoms with Gasteiger partial charge in [0.25, 0.3) is 0 Å². The fourth-order valence-corrected chi connectivity index (χ4v) is 4.65. The first kappa shape index (κ1) is 19.6. The SMILES string of the molecule is N[C@H]1[C@@H](C(=O)Nc2ccc(F)c(C(F)(F)F)c2)[C@H]2CC[C@@H]1/C2=C\c1ccccc1. The van der Waals surface area contributed by atoms with Crippen LogP contribution in [0.3, 0.4) is 0 Å². The van der Waals surface area contributed by atoms with Gasteiger partial charge in [0.2, 0.25) is 5.91 Å². The van der Waals surface area contributed by atoms with Crippen molar-refractivity contribution in [3.8, 4) is 0 Å². The maximum Gasteiger partial charge on any atom is 0.419 e. The first-order valence-electron chi connectivity index (χ1n) is 9.45. The van der Waals surface area contributed by atoms with E-state index in [2.05, 4.69) is 11.4 Å². The lowest BCUT2D eigenvalue weighted by Crippen LogP contribution is -2.42. The van der Waals surface area contributed by atoms with Crippen LogP contribution in [-0.4, -0.2) is 11.9 Å².